The van der Waals surface area contributed by atoms with Crippen LogP contribution in [0.25, 0.3) is 0 Å². The molecule has 0 aliphatic heterocycles. The highest BCUT2D eigenvalue weighted by Crippen LogP contribution is 2.51. The molecule has 0 spiro atoms. The van der Waals surface area contributed by atoms with E-state index in [-0.39, 0.29) is 5.78 Å². The average molecular weight is 302 g/mol. The van der Waals surface area contributed by atoms with Crippen molar-refractivity contribution in [3.05, 3.63) is 70.4 Å². The monoisotopic (exact) mass is 302 g/mol. The lowest BCUT2D eigenvalue weighted by Gasteiger charge is -2.39. The van der Waals surface area contributed by atoms with Gasteiger partial charge < -0.3 is 0 Å². The summed E-state index contributed by atoms with van der Waals surface area (Å²) in [6, 6.07) is 0. The molecule has 0 aromatic carbocycles. The lowest BCUT2D eigenvalue weighted by Crippen LogP contribution is -2.28. The average Bonchev–Trinajstić information content (AvgIpc) is 2.94. The van der Waals surface area contributed by atoms with Crippen LogP contribution in [-0.2, 0) is 9.59 Å². The fourth-order valence-electron chi connectivity index (χ4n) is 4.98. The summed E-state index contributed by atoms with van der Waals surface area (Å²) in [7, 11) is 0. The first kappa shape index (κ1) is 13.2. The highest BCUT2D eigenvalue weighted by Gasteiger charge is 2.40. The summed E-state index contributed by atoms with van der Waals surface area (Å²) in [5, 5.41) is 0. The van der Waals surface area contributed by atoms with Gasteiger partial charge in [0.15, 0.2) is 5.78 Å². The third kappa shape index (κ3) is 1.87. The molecule has 0 amide bonds. The Hall–Kier alpha value is -2.22. The van der Waals surface area contributed by atoms with Gasteiger partial charge in [-0.15, -0.1) is 0 Å². The molecule has 0 radical (unpaired) electrons. The largest absolute Gasteiger partial charge is 0.299 e. The van der Waals surface area contributed by atoms with Crippen molar-refractivity contribution in [1.82, 2.24) is 0 Å². The number of carbonyl (C=O) groups is 2. The summed E-state index contributed by atoms with van der Waals surface area (Å²) in [6.07, 6.45) is 17.9. The molecule has 5 aliphatic carbocycles. The number of Topliss-reactive ketones (excluding diaryl/α,β-unsaturated/α-hetero) is 1. The van der Waals surface area contributed by atoms with Gasteiger partial charge in [0.25, 0.3) is 0 Å². The Bertz CT molecular complexity index is 826. The second-order valence-corrected chi connectivity index (χ2v) is 7.20. The molecule has 1 fully saturated rings. The minimum absolute atomic E-state index is 0.0695. The van der Waals surface area contributed by atoms with Gasteiger partial charge >= 0.3 is 0 Å². The zero-order chi connectivity index (χ0) is 15.6. The van der Waals surface area contributed by atoms with E-state index in [9.17, 15) is 9.59 Å². The van der Waals surface area contributed by atoms with E-state index in [4.69, 9.17) is 0 Å². The highest BCUT2D eigenvalue weighted by atomic mass is 16.1. The van der Waals surface area contributed by atoms with E-state index in [1.165, 1.54) is 22.3 Å². The van der Waals surface area contributed by atoms with Crippen molar-refractivity contribution in [2.75, 3.05) is 0 Å². The van der Waals surface area contributed by atoms with Crippen molar-refractivity contribution in [3.63, 3.8) is 0 Å². The summed E-state index contributed by atoms with van der Waals surface area (Å²) in [5.74, 6) is 1.88. The zero-order valence-corrected chi connectivity index (χ0v) is 12.9. The van der Waals surface area contributed by atoms with Crippen LogP contribution in [0.1, 0.15) is 25.7 Å². The molecule has 5 rings (SSSR count). The van der Waals surface area contributed by atoms with Crippen LogP contribution in [0.2, 0.25) is 0 Å². The first-order valence-electron chi connectivity index (χ1n) is 8.50. The molecule has 0 bridgehead atoms. The van der Waals surface area contributed by atoms with Crippen LogP contribution in [0.5, 0.6) is 0 Å². The maximum absolute atomic E-state index is 11.9. The van der Waals surface area contributed by atoms with Crippen LogP contribution in [-0.4, -0.2) is 11.6 Å². The van der Waals surface area contributed by atoms with Crippen LogP contribution < -0.4 is 0 Å². The third-order valence-corrected chi connectivity index (χ3v) is 6.00. The van der Waals surface area contributed by atoms with Crippen LogP contribution >= 0.6 is 0 Å². The lowest BCUT2D eigenvalue weighted by atomic mass is 9.65. The van der Waals surface area contributed by atoms with Gasteiger partial charge in [0.05, 0.1) is 0 Å². The summed E-state index contributed by atoms with van der Waals surface area (Å²) >= 11 is 0. The van der Waals surface area contributed by atoms with Crippen molar-refractivity contribution in [1.29, 1.82) is 0 Å². The molecule has 0 heterocycles. The maximum atomic E-state index is 11.9. The normalized spacial score (nSPS) is 34.3. The molecule has 2 heteroatoms. The summed E-state index contributed by atoms with van der Waals surface area (Å²) in [4.78, 5) is 23.4. The standard InChI is InChI=1S/C21H18O2/c22-14-3-6-16-12(9-14)1-4-18-17(16)7-8-20-19(18)5-2-13-10-15(23)11-21(13)20/h1,3-4,6-9,13,18-19H,2,5,10-11H2. The van der Waals surface area contributed by atoms with Gasteiger partial charge in [0.1, 0.15) is 5.78 Å². The van der Waals surface area contributed by atoms with E-state index < -0.39 is 0 Å². The Balaban J connectivity index is 1.65. The van der Waals surface area contributed by atoms with Gasteiger partial charge in [-0.25, -0.2) is 0 Å². The van der Waals surface area contributed by atoms with Crippen LogP contribution in [0, 0.1) is 17.8 Å². The van der Waals surface area contributed by atoms with Gasteiger partial charge in [-0.1, -0.05) is 36.0 Å². The smallest absolute Gasteiger partial charge is 0.179 e. The van der Waals surface area contributed by atoms with E-state index in [1.807, 2.05) is 6.08 Å². The Morgan fingerprint density at radius 2 is 1.78 bits per heavy atom. The van der Waals surface area contributed by atoms with Crippen molar-refractivity contribution < 1.29 is 9.59 Å². The molecule has 3 unspecified atom stereocenters. The Kier molecular flexibility index (Phi) is 2.67. The Labute approximate surface area is 135 Å². The molecule has 0 aromatic heterocycles. The zero-order valence-electron chi connectivity index (χ0n) is 12.9. The molecular formula is C21H18O2. The topological polar surface area (TPSA) is 34.1 Å². The number of hydrogen-bond donors (Lipinski definition) is 0. The Morgan fingerprint density at radius 1 is 0.913 bits per heavy atom. The highest BCUT2D eigenvalue weighted by molar-refractivity contribution is 6.03. The van der Waals surface area contributed by atoms with E-state index >= 15 is 0 Å². The predicted molar refractivity (Wildman–Crippen MR) is 88.5 cm³/mol. The van der Waals surface area contributed by atoms with Crippen molar-refractivity contribution >= 4 is 11.6 Å². The van der Waals surface area contributed by atoms with Gasteiger partial charge in [0, 0.05) is 18.8 Å². The number of fused-ring (bicyclic) bond motifs is 5. The van der Waals surface area contributed by atoms with Gasteiger partial charge in [-0.05, 0) is 59.1 Å². The van der Waals surface area contributed by atoms with Crippen LogP contribution in [0.15, 0.2) is 70.4 Å². The van der Waals surface area contributed by atoms with E-state index in [0.29, 0.717) is 30.0 Å². The molecule has 3 atom stereocenters. The van der Waals surface area contributed by atoms with Crippen molar-refractivity contribution in [2.24, 2.45) is 17.8 Å². The molecule has 114 valence electrons. The fraction of sp³-hybridized carbons (Fsp3) is 0.333. The molecule has 1 saturated carbocycles. The second kappa shape index (κ2) is 4.64. The number of hydrogen-bond acceptors (Lipinski definition) is 2. The minimum Gasteiger partial charge on any atom is -0.299 e. The molecule has 2 nitrogen and oxygen atoms in total. The molecule has 0 N–H and O–H groups in total. The third-order valence-electron chi connectivity index (χ3n) is 6.00. The minimum atomic E-state index is 0.0695. The fourth-order valence-corrected chi connectivity index (χ4v) is 4.98. The molecular weight excluding hydrogens is 284 g/mol. The number of carbonyl (C=O) groups excluding carboxylic acids is 2. The molecule has 0 saturated heterocycles. The number of rotatable bonds is 0. The first-order chi connectivity index (χ1) is 11.2. The molecule has 5 aliphatic rings. The maximum Gasteiger partial charge on any atom is 0.179 e. The predicted octanol–water partition coefficient (Wildman–Crippen LogP) is 3.79. The molecule has 23 heavy (non-hydrogen) atoms. The SMILES string of the molecule is O=C1C=CC2=C3C=CC4=C5CC(=O)CC5CCC4C3C=CC2=C1. The van der Waals surface area contributed by atoms with Gasteiger partial charge in [0.2, 0.25) is 0 Å². The van der Waals surface area contributed by atoms with E-state index in [1.54, 1.807) is 12.2 Å². The van der Waals surface area contributed by atoms with Gasteiger partial charge in [-0.3, -0.25) is 9.59 Å². The lowest BCUT2D eigenvalue weighted by molar-refractivity contribution is -0.117. The van der Waals surface area contributed by atoms with E-state index in [0.717, 1.165) is 24.8 Å². The van der Waals surface area contributed by atoms with Gasteiger partial charge in [-0.2, -0.15) is 0 Å². The Morgan fingerprint density at radius 3 is 2.70 bits per heavy atom. The summed E-state index contributed by atoms with van der Waals surface area (Å²) < 4.78 is 0. The molecule has 0 aromatic rings. The summed E-state index contributed by atoms with van der Waals surface area (Å²) in [5.41, 5.74) is 6.40. The first-order valence-corrected chi connectivity index (χ1v) is 8.50. The second-order valence-electron chi connectivity index (χ2n) is 7.20. The van der Waals surface area contributed by atoms with Crippen molar-refractivity contribution in [3.8, 4) is 0 Å². The van der Waals surface area contributed by atoms with Crippen LogP contribution in [0.3, 0.4) is 0 Å². The van der Waals surface area contributed by atoms with Crippen molar-refractivity contribution in [2.45, 2.75) is 25.7 Å². The van der Waals surface area contributed by atoms with Crippen LogP contribution in [0.4, 0.5) is 0 Å². The number of allylic oxidation sites excluding steroid dienone is 12. The van der Waals surface area contributed by atoms with E-state index in [2.05, 4.69) is 24.3 Å². The number of ketones is 2. The summed E-state index contributed by atoms with van der Waals surface area (Å²) in [6.45, 7) is 0. The quantitative estimate of drug-likeness (QED) is 0.682.